The highest BCUT2D eigenvalue weighted by atomic mass is 32.2. The Labute approximate surface area is 188 Å². The van der Waals surface area contributed by atoms with Crippen LogP contribution in [0.15, 0.2) is 94.9 Å². The van der Waals surface area contributed by atoms with Crippen LogP contribution >= 0.6 is 0 Å². The van der Waals surface area contributed by atoms with E-state index in [0.29, 0.717) is 23.4 Å². The number of anilines is 1. The van der Waals surface area contributed by atoms with Crippen molar-refractivity contribution < 1.29 is 16.8 Å². The fourth-order valence-corrected chi connectivity index (χ4v) is 5.67. The molecule has 9 heteroatoms. The van der Waals surface area contributed by atoms with E-state index in [2.05, 4.69) is 9.82 Å². The maximum absolute atomic E-state index is 13.5. The summed E-state index contributed by atoms with van der Waals surface area (Å²) in [7, 11) is -7.43. The van der Waals surface area contributed by atoms with Gasteiger partial charge >= 0.3 is 0 Å². The lowest BCUT2D eigenvalue weighted by Crippen LogP contribution is -2.27. The Morgan fingerprint density at radius 2 is 1.47 bits per heavy atom. The molecule has 1 aliphatic rings. The number of nitrogens with one attached hydrogen (secondary N) is 1. The van der Waals surface area contributed by atoms with Crippen molar-refractivity contribution in [2.24, 2.45) is 5.10 Å². The van der Waals surface area contributed by atoms with Crippen LogP contribution in [0.3, 0.4) is 0 Å². The summed E-state index contributed by atoms with van der Waals surface area (Å²) in [5.74, 6) is -0.0744. The zero-order valence-electron chi connectivity index (χ0n) is 17.4. The topological polar surface area (TPSA) is 95.9 Å². The Kier molecular flexibility index (Phi) is 6.03. The Balaban J connectivity index is 1.81. The van der Waals surface area contributed by atoms with Crippen LogP contribution in [0.25, 0.3) is 0 Å². The Morgan fingerprint density at radius 3 is 2.12 bits per heavy atom. The van der Waals surface area contributed by atoms with E-state index in [1.54, 1.807) is 49.4 Å². The van der Waals surface area contributed by atoms with Gasteiger partial charge in [-0.1, -0.05) is 66.7 Å². The highest BCUT2D eigenvalue weighted by molar-refractivity contribution is 7.92. The average molecular weight is 470 g/mol. The van der Waals surface area contributed by atoms with E-state index in [0.717, 1.165) is 9.98 Å². The van der Waals surface area contributed by atoms with Crippen LogP contribution in [0.4, 0.5) is 5.69 Å². The second kappa shape index (κ2) is 8.76. The van der Waals surface area contributed by atoms with Crippen molar-refractivity contribution in [1.82, 2.24) is 4.41 Å². The third-order valence-corrected chi connectivity index (χ3v) is 8.22. The molecule has 166 valence electrons. The van der Waals surface area contributed by atoms with Crippen LogP contribution in [0.2, 0.25) is 0 Å². The SMILES string of the molecule is CCS(=O)(=O)Nc1ccccc1C1=NN(S(=O)(=O)c2ccccc2)C(c2ccccc2)C1. The zero-order chi connectivity index (χ0) is 22.8. The maximum Gasteiger partial charge on any atom is 0.279 e. The average Bonchev–Trinajstić information content (AvgIpc) is 3.27. The van der Waals surface area contributed by atoms with E-state index in [1.807, 2.05) is 30.3 Å². The number of hydrogen-bond acceptors (Lipinski definition) is 5. The smallest absolute Gasteiger partial charge is 0.279 e. The highest BCUT2D eigenvalue weighted by Gasteiger charge is 2.38. The third kappa shape index (κ3) is 4.39. The van der Waals surface area contributed by atoms with E-state index < -0.39 is 26.1 Å². The van der Waals surface area contributed by atoms with Crippen molar-refractivity contribution in [3.8, 4) is 0 Å². The predicted octanol–water partition coefficient (Wildman–Crippen LogP) is 3.99. The first kappa shape index (κ1) is 22.0. The van der Waals surface area contributed by atoms with Gasteiger partial charge in [0.15, 0.2) is 0 Å². The number of nitrogens with zero attached hydrogens (tertiary/aromatic N) is 2. The second-order valence-corrected chi connectivity index (χ2v) is 11.1. The largest absolute Gasteiger partial charge is 0.283 e. The molecule has 0 spiro atoms. The van der Waals surface area contributed by atoms with Gasteiger partial charge < -0.3 is 0 Å². The molecule has 32 heavy (non-hydrogen) atoms. The second-order valence-electron chi connectivity index (χ2n) is 7.32. The van der Waals surface area contributed by atoms with Crippen LogP contribution in [0, 0.1) is 0 Å². The summed E-state index contributed by atoms with van der Waals surface area (Å²) in [6.45, 7) is 1.55. The fraction of sp³-hybridized carbons (Fsp3) is 0.174. The molecule has 0 aliphatic carbocycles. The number of benzene rings is 3. The van der Waals surface area contributed by atoms with Crippen LogP contribution in [-0.4, -0.2) is 32.7 Å². The lowest BCUT2D eigenvalue weighted by atomic mass is 9.98. The molecule has 0 saturated heterocycles. The highest BCUT2D eigenvalue weighted by Crippen LogP contribution is 2.38. The Bertz CT molecular complexity index is 1340. The van der Waals surface area contributed by atoms with E-state index in [1.165, 1.54) is 12.1 Å². The van der Waals surface area contributed by atoms with E-state index in [4.69, 9.17) is 0 Å². The zero-order valence-corrected chi connectivity index (χ0v) is 19.1. The summed E-state index contributed by atoms with van der Waals surface area (Å²) in [4.78, 5) is 0.144. The van der Waals surface area contributed by atoms with Gasteiger partial charge in [-0.25, -0.2) is 8.42 Å². The molecule has 0 aromatic heterocycles. The van der Waals surface area contributed by atoms with Gasteiger partial charge in [0.25, 0.3) is 10.0 Å². The Hall–Kier alpha value is -3.17. The lowest BCUT2D eigenvalue weighted by Gasteiger charge is -2.23. The monoisotopic (exact) mass is 469 g/mol. The van der Waals surface area contributed by atoms with Crippen molar-refractivity contribution in [2.45, 2.75) is 24.3 Å². The van der Waals surface area contributed by atoms with Gasteiger partial charge in [0.05, 0.1) is 28.1 Å². The van der Waals surface area contributed by atoms with E-state index in [9.17, 15) is 16.8 Å². The molecule has 1 aliphatic heterocycles. The summed E-state index contributed by atoms with van der Waals surface area (Å²) in [5, 5.41) is 4.51. The first-order chi connectivity index (χ1) is 15.3. The molecule has 0 amide bonds. The van der Waals surface area contributed by atoms with Gasteiger partial charge in [0.1, 0.15) is 0 Å². The fourth-order valence-electron chi connectivity index (χ4n) is 3.56. The number of hydrogen-bond donors (Lipinski definition) is 1. The molecule has 1 N–H and O–H groups in total. The van der Waals surface area contributed by atoms with Crippen LogP contribution in [-0.2, 0) is 20.0 Å². The van der Waals surface area contributed by atoms with Gasteiger partial charge in [-0.2, -0.15) is 17.9 Å². The van der Waals surface area contributed by atoms with Gasteiger partial charge in [0.2, 0.25) is 10.0 Å². The van der Waals surface area contributed by atoms with Crippen molar-refractivity contribution in [3.63, 3.8) is 0 Å². The standard InChI is InChI=1S/C23H23N3O4S2/c1-2-31(27,28)25-21-16-10-9-15-20(21)22-17-23(18-11-5-3-6-12-18)26(24-22)32(29,30)19-13-7-4-8-14-19/h3-16,23,25H,2,17H2,1H3. The van der Waals surface area contributed by atoms with E-state index >= 15 is 0 Å². The molecular formula is C23H23N3O4S2. The van der Waals surface area contributed by atoms with Gasteiger partial charge in [-0.3, -0.25) is 4.72 Å². The Morgan fingerprint density at radius 1 is 0.875 bits per heavy atom. The summed E-state index contributed by atoms with van der Waals surface area (Å²) in [6.07, 6.45) is 0.306. The minimum Gasteiger partial charge on any atom is -0.283 e. The number of rotatable bonds is 7. The molecule has 7 nitrogen and oxygen atoms in total. The summed E-state index contributed by atoms with van der Waals surface area (Å²) < 4.78 is 55.0. The molecule has 3 aromatic rings. The van der Waals surface area contributed by atoms with Crippen LogP contribution in [0.1, 0.15) is 30.5 Å². The number of para-hydroxylation sites is 1. The number of sulfonamides is 2. The third-order valence-electron chi connectivity index (χ3n) is 5.23. The minimum absolute atomic E-state index is 0.0744. The molecule has 1 unspecified atom stereocenters. The van der Waals surface area contributed by atoms with Gasteiger partial charge in [0, 0.05) is 12.0 Å². The van der Waals surface area contributed by atoms with Gasteiger partial charge in [-0.05, 0) is 30.7 Å². The first-order valence-corrected chi connectivity index (χ1v) is 13.2. The van der Waals surface area contributed by atoms with Crippen molar-refractivity contribution >= 4 is 31.4 Å². The molecule has 0 fully saturated rings. The van der Waals surface area contributed by atoms with Crippen molar-refractivity contribution in [1.29, 1.82) is 0 Å². The molecule has 1 atom stereocenters. The lowest BCUT2D eigenvalue weighted by molar-refractivity contribution is 0.371. The molecular weight excluding hydrogens is 446 g/mol. The van der Waals surface area contributed by atoms with E-state index in [-0.39, 0.29) is 10.6 Å². The minimum atomic E-state index is -3.92. The maximum atomic E-state index is 13.5. The quantitative estimate of drug-likeness (QED) is 0.566. The molecule has 1 heterocycles. The summed E-state index contributed by atoms with van der Waals surface area (Å²) in [6, 6.07) is 23.8. The van der Waals surface area contributed by atoms with Crippen molar-refractivity contribution in [3.05, 3.63) is 96.1 Å². The molecule has 0 radical (unpaired) electrons. The van der Waals surface area contributed by atoms with Crippen LogP contribution < -0.4 is 4.72 Å². The summed E-state index contributed by atoms with van der Waals surface area (Å²) >= 11 is 0. The number of hydrazone groups is 1. The molecule has 0 bridgehead atoms. The first-order valence-electron chi connectivity index (χ1n) is 10.1. The normalized spacial score (nSPS) is 16.6. The van der Waals surface area contributed by atoms with Crippen LogP contribution in [0.5, 0.6) is 0 Å². The van der Waals surface area contributed by atoms with Gasteiger partial charge in [-0.15, -0.1) is 0 Å². The summed E-state index contributed by atoms with van der Waals surface area (Å²) in [5.41, 5.74) is 2.22. The molecule has 0 saturated carbocycles. The predicted molar refractivity (Wildman–Crippen MR) is 125 cm³/mol. The molecule has 4 rings (SSSR count). The molecule has 3 aromatic carbocycles. The van der Waals surface area contributed by atoms with Crippen molar-refractivity contribution in [2.75, 3.05) is 10.5 Å².